The molecule has 0 saturated heterocycles. The van der Waals surface area contributed by atoms with E-state index in [1.165, 1.54) is 18.3 Å². The third-order valence-corrected chi connectivity index (χ3v) is 3.72. The van der Waals surface area contributed by atoms with Crippen molar-refractivity contribution in [3.63, 3.8) is 0 Å². The highest BCUT2D eigenvalue weighted by atomic mass is 32.1. The van der Waals surface area contributed by atoms with Crippen molar-refractivity contribution < 1.29 is 14.3 Å². The predicted octanol–water partition coefficient (Wildman–Crippen LogP) is 4.26. The molecule has 1 amide bonds. The molecule has 2 aromatic rings. The summed E-state index contributed by atoms with van der Waals surface area (Å²) in [4.78, 5) is 16.2. The lowest BCUT2D eigenvalue weighted by molar-refractivity contribution is -0.119. The zero-order valence-corrected chi connectivity index (χ0v) is 15.1. The SMILES string of the molecule is CC(=O)N[C@@H](C)/C=C/c1cnc(Oc2ccc(OC(C)C)cc2)s1. The summed E-state index contributed by atoms with van der Waals surface area (Å²) in [5.41, 5.74) is 0. The number of hydrogen-bond donors (Lipinski definition) is 1. The summed E-state index contributed by atoms with van der Waals surface area (Å²) >= 11 is 1.44. The van der Waals surface area contributed by atoms with Crippen molar-refractivity contribution in [2.24, 2.45) is 0 Å². The van der Waals surface area contributed by atoms with Gasteiger partial charge in [-0.15, -0.1) is 0 Å². The number of ether oxygens (including phenoxy) is 2. The van der Waals surface area contributed by atoms with Crippen LogP contribution in [0.3, 0.4) is 0 Å². The van der Waals surface area contributed by atoms with Gasteiger partial charge < -0.3 is 14.8 Å². The summed E-state index contributed by atoms with van der Waals surface area (Å²) < 4.78 is 11.3. The van der Waals surface area contributed by atoms with Crippen molar-refractivity contribution in [1.82, 2.24) is 10.3 Å². The Hall–Kier alpha value is -2.34. The number of thiazole rings is 1. The number of benzene rings is 1. The molecule has 1 heterocycles. The molecule has 0 bridgehead atoms. The molecular formula is C18H22N2O3S. The number of carbonyl (C=O) groups is 1. The first kappa shape index (κ1) is 18.0. The molecule has 0 radical (unpaired) electrons. The summed E-state index contributed by atoms with van der Waals surface area (Å²) in [6.07, 6.45) is 5.72. The Morgan fingerprint density at radius 3 is 2.50 bits per heavy atom. The maximum atomic E-state index is 11.0. The van der Waals surface area contributed by atoms with Crippen LogP contribution in [-0.4, -0.2) is 23.0 Å². The Kier molecular flexibility index (Phi) is 6.37. The smallest absolute Gasteiger partial charge is 0.279 e. The van der Waals surface area contributed by atoms with Crippen molar-refractivity contribution in [3.8, 4) is 16.7 Å². The Labute approximate surface area is 146 Å². The Balaban J connectivity index is 1.93. The van der Waals surface area contributed by atoms with E-state index >= 15 is 0 Å². The number of nitrogens with one attached hydrogen (secondary N) is 1. The van der Waals surface area contributed by atoms with Crippen molar-refractivity contribution in [3.05, 3.63) is 41.4 Å². The van der Waals surface area contributed by atoms with Crippen LogP contribution < -0.4 is 14.8 Å². The zero-order valence-electron chi connectivity index (χ0n) is 14.3. The van der Waals surface area contributed by atoms with Gasteiger partial charge in [-0.3, -0.25) is 4.79 Å². The van der Waals surface area contributed by atoms with Gasteiger partial charge in [0, 0.05) is 19.2 Å². The Morgan fingerprint density at radius 1 is 1.21 bits per heavy atom. The van der Waals surface area contributed by atoms with Crippen LogP contribution >= 0.6 is 11.3 Å². The molecule has 0 saturated carbocycles. The summed E-state index contributed by atoms with van der Waals surface area (Å²) in [5, 5.41) is 3.36. The van der Waals surface area contributed by atoms with E-state index in [0.29, 0.717) is 10.9 Å². The molecule has 5 nitrogen and oxygen atoms in total. The normalized spacial score (nSPS) is 12.4. The van der Waals surface area contributed by atoms with Crippen LogP contribution in [0.25, 0.3) is 6.08 Å². The van der Waals surface area contributed by atoms with Gasteiger partial charge in [0.25, 0.3) is 5.19 Å². The number of hydrogen-bond acceptors (Lipinski definition) is 5. The molecule has 1 atom stereocenters. The molecule has 1 aromatic heterocycles. The molecule has 0 spiro atoms. The highest BCUT2D eigenvalue weighted by Crippen LogP contribution is 2.28. The Morgan fingerprint density at radius 2 is 1.88 bits per heavy atom. The van der Waals surface area contributed by atoms with E-state index in [0.717, 1.165) is 10.6 Å². The third-order valence-electron chi connectivity index (χ3n) is 2.88. The fraction of sp³-hybridized carbons (Fsp3) is 0.333. The Bertz CT molecular complexity index is 693. The van der Waals surface area contributed by atoms with Crippen LogP contribution in [0.2, 0.25) is 0 Å². The van der Waals surface area contributed by atoms with E-state index in [2.05, 4.69) is 10.3 Å². The average Bonchev–Trinajstić information content (AvgIpc) is 2.93. The second kappa shape index (κ2) is 8.49. The van der Waals surface area contributed by atoms with Crippen LogP contribution in [0.5, 0.6) is 16.7 Å². The first-order valence-corrected chi connectivity index (χ1v) is 8.59. The first-order valence-electron chi connectivity index (χ1n) is 7.78. The fourth-order valence-electron chi connectivity index (χ4n) is 1.96. The fourth-order valence-corrected chi connectivity index (χ4v) is 2.66. The highest BCUT2D eigenvalue weighted by molar-refractivity contribution is 7.14. The van der Waals surface area contributed by atoms with Crippen LogP contribution in [-0.2, 0) is 4.79 Å². The minimum atomic E-state index is -0.0506. The summed E-state index contributed by atoms with van der Waals surface area (Å²) in [6, 6.07) is 7.43. The van der Waals surface area contributed by atoms with Gasteiger partial charge in [-0.25, -0.2) is 4.98 Å². The van der Waals surface area contributed by atoms with Crippen molar-refractivity contribution >= 4 is 23.3 Å². The maximum Gasteiger partial charge on any atom is 0.279 e. The highest BCUT2D eigenvalue weighted by Gasteiger charge is 2.05. The average molecular weight is 346 g/mol. The molecule has 24 heavy (non-hydrogen) atoms. The molecule has 0 unspecified atom stereocenters. The molecule has 0 aliphatic carbocycles. The van der Waals surface area contributed by atoms with Gasteiger partial charge in [0.05, 0.1) is 11.0 Å². The monoisotopic (exact) mass is 346 g/mol. The van der Waals surface area contributed by atoms with Crippen molar-refractivity contribution in [2.45, 2.75) is 39.8 Å². The third kappa shape index (κ3) is 6.04. The molecular weight excluding hydrogens is 324 g/mol. The van der Waals surface area contributed by atoms with E-state index in [1.54, 1.807) is 6.20 Å². The van der Waals surface area contributed by atoms with Crippen molar-refractivity contribution in [2.75, 3.05) is 0 Å². The van der Waals surface area contributed by atoms with Gasteiger partial charge in [-0.2, -0.15) is 0 Å². The van der Waals surface area contributed by atoms with Crippen molar-refractivity contribution in [1.29, 1.82) is 0 Å². The van der Waals surface area contributed by atoms with Gasteiger partial charge in [-0.05, 0) is 51.1 Å². The molecule has 2 rings (SSSR count). The maximum absolute atomic E-state index is 11.0. The molecule has 0 aliphatic heterocycles. The van der Waals surface area contributed by atoms with Gasteiger partial charge in [0.1, 0.15) is 11.5 Å². The second-order valence-electron chi connectivity index (χ2n) is 5.62. The van der Waals surface area contributed by atoms with Crippen LogP contribution in [0.1, 0.15) is 32.6 Å². The largest absolute Gasteiger partial charge is 0.491 e. The van der Waals surface area contributed by atoms with Gasteiger partial charge >= 0.3 is 0 Å². The lowest BCUT2D eigenvalue weighted by Gasteiger charge is -2.09. The van der Waals surface area contributed by atoms with E-state index in [1.807, 2.05) is 57.2 Å². The molecule has 0 aliphatic rings. The topological polar surface area (TPSA) is 60.5 Å². The number of rotatable bonds is 7. The second-order valence-corrected chi connectivity index (χ2v) is 6.64. The van der Waals surface area contributed by atoms with E-state index < -0.39 is 0 Å². The van der Waals surface area contributed by atoms with Gasteiger partial charge in [0.15, 0.2) is 0 Å². The number of aromatic nitrogens is 1. The zero-order chi connectivity index (χ0) is 17.5. The molecule has 1 aromatic carbocycles. The van der Waals surface area contributed by atoms with E-state index in [9.17, 15) is 4.79 Å². The molecule has 1 N–H and O–H groups in total. The predicted molar refractivity (Wildman–Crippen MR) is 96.7 cm³/mol. The molecule has 128 valence electrons. The van der Waals surface area contributed by atoms with Crippen LogP contribution in [0.4, 0.5) is 0 Å². The van der Waals surface area contributed by atoms with Gasteiger partial charge in [0.2, 0.25) is 5.91 Å². The minimum Gasteiger partial charge on any atom is -0.491 e. The van der Waals surface area contributed by atoms with Crippen LogP contribution in [0.15, 0.2) is 36.5 Å². The van der Waals surface area contributed by atoms with E-state index in [4.69, 9.17) is 9.47 Å². The summed E-state index contributed by atoms with van der Waals surface area (Å²) in [7, 11) is 0. The molecule has 6 heteroatoms. The first-order chi connectivity index (χ1) is 11.4. The number of amides is 1. The lowest BCUT2D eigenvalue weighted by Crippen LogP contribution is -2.28. The molecule has 0 fully saturated rings. The van der Waals surface area contributed by atoms with Crippen LogP contribution in [0, 0.1) is 0 Å². The standard InChI is InChI=1S/C18H22N2O3S/c1-12(2)22-15-6-8-16(9-7-15)23-18-19-11-17(24-18)10-5-13(3)20-14(4)21/h5-13H,1-4H3,(H,20,21)/b10-5+/t13-/m0/s1. The number of carbonyl (C=O) groups excluding carboxylic acids is 1. The lowest BCUT2D eigenvalue weighted by atomic mass is 10.3. The summed E-state index contributed by atoms with van der Waals surface area (Å²) in [5.74, 6) is 1.47. The van der Waals surface area contributed by atoms with Gasteiger partial charge in [-0.1, -0.05) is 17.4 Å². The quantitative estimate of drug-likeness (QED) is 0.814. The van der Waals surface area contributed by atoms with E-state index in [-0.39, 0.29) is 18.1 Å². The number of nitrogens with zero attached hydrogens (tertiary/aromatic N) is 1. The summed E-state index contributed by atoms with van der Waals surface area (Å²) in [6.45, 7) is 7.39. The minimum absolute atomic E-state index is 0.0255.